The Kier molecular flexibility index (Phi) is 7.33. The van der Waals surface area contributed by atoms with E-state index in [0.29, 0.717) is 25.3 Å². The highest BCUT2D eigenvalue weighted by Crippen LogP contribution is 2.50. The number of carbonyl (C=O) groups excluding carboxylic acids is 2. The number of ether oxygens (including phenoxy) is 1. The van der Waals surface area contributed by atoms with Crippen LogP contribution < -0.4 is 5.32 Å². The molecular weight excluding hydrogens is 364 g/mol. The van der Waals surface area contributed by atoms with Crippen molar-refractivity contribution < 1.29 is 14.3 Å². The normalized spacial score (nSPS) is 21.7. The quantitative estimate of drug-likeness (QED) is 0.663. The van der Waals surface area contributed by atoms with Crippen molar-refractivity contribution in [1.82, 2.24) is 10.2 Å². The summed E-state index contributed by atoms with van der Waals surface area (Å²) in [5.41, 5.74) is 1.18. The Morgan fingerprint density at radius 2 is 1.97 bits per heavy atom. The third-order valence-corrected chi connectivity index (χ3v) is 6.72. The molecule has 1 N–H and O–H groups in total. The Bertz CT molecular complexity index is 712. The molecule has 0 radical (unpaired) electrons. The van der Waals surface area contributed by atoms with Crippen molar-refractivity contribution in [3.63, 3.8) is 0 Å². The first-order chi connectivity index (χ1) is 14.1. The Morgan fingerprint density at radius 3 is 2.66 bits per heavy atom. The van der Waals surface area contributed by atoms with Crippen LogP contribution in [-0.2, 0) is 9.53 Å². The molecule has 0 aromatic heterocycles. The number of benzene rings is 1. The number of hydrogen-bond donors (Lipinski definition) is 1. The summed E-state index contributed by atoms with van der Waals surface area (Å²) in [6, 6.07) is 7.85. The maximum atomic E-state index is 13.6. The van der Waals surface area contributed by atoms with E-state index in [9.17, 15) is 9.59 Å². The predicted molar refractivity (Wildman–Crippen MR) is 115 cm³/mol. The van der Waals surface area contributed by atoms with Gasteiger partial charge in [0.15, 0.2) is 0 Å². The third-order valence-electron chi connectivity index (χ3n) is 6.72. The first-order valence-electron chi connectivity index (χ1n) is 11.3. The van der Waals surface area contributed by atoms with Gasteiger partial charge in [-0.05, 0) is 51.2 Å². The number of nitrogens with zero attached hydrogens (tertiary/aromatic N) is 1. The number of nitrogens with one attached hydrogen (secondary N) is 1. The second-order valence-corrected chi connectivity index (χ2v) is 8.46. The average Bonchev–Trinajstić information content (AvgIpc) is 2.74. The highest BCUT2D eigenvalue weighted by molar-refractivity contribution is 6.02. The second kappa shape index (κ2) is 9.75. The fourth-order valence-electron chi connectivity index (χ4n) is 5.24. The minimum Gasteiger partial charge on any atom is -0.382 e. The van der Waals surface area contributed by atoms with Crippen molar-refractivity contribution in [2.24, 2.45) is 0 Å². The molecule has 1 spiro atoms. The Balaban J connectivity index is 1.98. The smallest absolute Gasteiger partial charge is 0.254 e. The third kappa shape index (κ3) is 4.20. The van der Waals surface area contributed by atoms with E-state index >= 15 is 0 Å². The first-order valence-corrected chi connectivity index (χ1v) is 11.3. The van der Waals surface area contributed by atoms with Gasteiger partial charge in [-0.3, -0.25) is 9.59 Å². The van der Waals surface area contributed by atoms with Crippen molar-refractivity contribution in [2.75, 3.05) is 19.8 Å². The van der Waals surface area contributed by atoms with Crippen LogP contribution in [0.15, 0.2) is 24.3 Å². The lowest BCUT2D eigenvalue weighted by molar-refractivity contribution is -0.128. The van der Waals surface area contributed by atoms with Gasteiger partial charge >= 0.3 is 0 Å². The fourth-order valence-corrected chi connectivity index (χ4v) is 5.24. The van der Waals surface area contributed by atoms with E-state index in [4.69, 9.17) is 4.74 Å². The van der Waals surface area contributed by atoms with Gasteiger partial charge in [-0.1, -0.05) is 44.4 Å². The van der Waals surface area contributed by atoms with Gasteiger partial charge in [0.1, 0.15) is 0 Å². The highest BCUT2D eigenvalue weighted by atomic mass is 16.5. The van der Waals surface area contributed by atoms with Gasteiger partial charge in [-0.15, -0.1) is 0 Å². The summed E-state index contributed by atoms with van der Waals surface area (Å²) in [7, 11) is 0. The van der Waals surface area contributed by atoms with Crippen LogP contribution in [0, 0.1) is 0 Å². The summed E-state index contributed by atoms with van der Waals surface area (Å²) in [5, 5.41) is 3.16. The van der Waals surface area contributed by atoms with Crippen LogP contribution in [0.3, 0.4) is 0 Å². The molecule has 5 heteroatoms. The topological polar surface area (TPSA) is 58.6 Å². The number of fused-ring (bicyclic) bond motifs is 1. The maximum Gasteiger partial charge on any atom is 0.254 e. The van der Waals surface area contributed by atoms with E-state index in [-0.39, 0.29) is 23.8 Å². The van der Waals surface area contributed by atoms with E-state index < -0.39 is 5.54 Å². The predicted octanol–water partition coefficient (Wildman–Crippen LogP) is 4.27. The van der Waals surface area contributed by atoms with E-state index in [1.807, 2.05) is 31.2 Å². The fraction of sp³-hybridized carbons (Fsp3) is 0.667. The molecule has 1 aliphatic carbocycles. The van der Waals surface area contributed by atoms with Crippen molar-refractivity contribution in [3.8, 4) is 0 Å². The maximum absolute atomic E-state index is 13.6. The minimum absolute atomic E-state index is 0.0525. The van der Waals surface area contributed by atoms with Crippen LogP contribution in [0.2, 0.25) is 0 Å². The highest BCUT2D eigenvalue weighted by Gasteiger charge is 2.55. The molecule has 5 nitrogen and oxygen atoms in total. The van der Waals surface area contributed by atoms with Crippen LogP contribution in [0.1, 0.15) is 87.6 Å². The summed E-state index contributed by atoms with van der Waals surface area (Å²) in [6.07, 6.45) is 6.79. The molecule has 160 valence electrons. The molecule has 0 unspecified atom stereocenters. The zero-order chi connectivity index (χ0) is 20.9. The number of hydrogen-bond acceptors (Lipinski definition) is 3. The van der Waals surface area contributed by atoms with Gasteiger partial charge in [0, 0.05) is 31.4 Å². The van der Waals surface area contributed by atoms with Gasteiger partial charge in [-0.2, -0.15) is 0 Å². The molecule has 1 saturated carbocycles. The molecule has 1 aliphatic heterocycles. The van der Waals surface area contributed by atoms with Crippen LogP contribution >= 0.6 is 0 Å². The van der Waals surface area contributed by atoms with Crippen LogP contribution in [0.4, 0.5) is 0 Å². The molecule has 29 heavy (non-hydrogen) atoms. The molecular formula is C24H36N2O3. The number of rotatable bonds is 8. The molecule has 1 aromatic rings. The lowest BCUT2D eigenvalue weighted by atomic mass is 9.64. The largest absolute Gasteiger partial charge is 0.382 e. The zero-order valence-corrected chi connectivity index (χ0v) is 18.2. The van der Waals surface area contributed by atoms with Gasteiger partial charge < -0.3 is 15.0 Å². The second-order valence-electron chi connectivity index (χ2n) is 8.46. The standard InChI is InChI=1S/C24H36N2O3/c1-4-18(3)26-23(28)20-13-8-7-12-19(20)21(24(26)14-9-6-10-15-24)22(27)25-16-11-17-29-5-2/h7-8,12-13,18,21H,4-6,9-11,14-17H2,1-3H3,(H,25,27)/t18-,21+/m0/s1. The molecule has 0 saturated heterocycles. The van der Waals surface area contributed by atoms with Crippen LogP contribution in [-0.4, -0.2) is 48.1 Å². The first kappa shape index (κ1) is 21.8. The molecule has 3 rings (SSSR count). The molecule has 0 bridgehead atoms. The minimum atomic E-state index is -0.414. The number of carbonyl (C=O) groups is 2. The molecule has 2 amide bonds. The molecule has 2 aliphatic rings. The zero-order valence-electron chi connectivity index (χ0n) is 18.2. The molecule has 1 aromatic carbocycles. The summed E-state index contributed by atoms with van der Waals surface area (Å²) < 4.78 is 5.40. The Morgan fingerprint density at radius 1 is 1.24 bits per heavy atom. The van der Waals surface area contributed by atoms with E-state index in [1.54, 1.807) is 0 Å². The van der Waals surface area contributed by atoms with E-state index in [2.05, 4.69) is 24.1 Å². The van der Waals surface area contributed by atoms with Crippen molar-refractivity contribution in [1.29, 1.82) is 0 Å². The molecule has 2 atom stereocenters. The van der Waals surface area contributed by atoms with Gasteiger partial charge in [-0.25, -0.2) is 0 Å². The van der Waals surface area contributed by atoms with Gasteiger partial charge in [0.2, 0.25) is 5.91 Å². The van der Waals surface area contributed by atoms with Crippen molar-refractivity contribution in [3.05, 3.63) is 35.4 Å². The monoisotopic (exact) mass is 400 g/mol. The van der Waals surface area contributed by atoms with Crippen LogP contribution in [0.25, 0.3) is 0 Å². The van der Waals surface area contributed by atoms with E-state index in [1.165, 1.54) is 6.42 Å². The Labute approximate surface area is 175 Å². The number of amides is 2. The van der Waals surface area contributed by atoms with E-state index in [0.717, 1.165) is 44.1 Å². The lowest BCUT2D eigenvalue weighted by Crippen LogP contribution is -2.64. The Hall–Kier alpha value is -1.88. The average molecular weight is 401 g/mol. The van der Waals surface area contributed by atoms with Crippen LogP contribution in [0.5, 0.6) is 0 Å². The summed E-state index contributed by atoms with van der Waals surface area (Å²) in [6.45, 7) is 8.17. The van der Waals surface area contributed by atoms with Gasteiger partial charge in [0.25, 0.3) is 5.91 Å². The lowest BCUT2D eigenvalue weighted by Gasteiger charge is -2.55. The summed E-state index contributed by atoms with van der Waals surface area (Å²) in [4.78, 5) is 29.2. The SMILES string of the molecule is CCOCCCNC(=O)[C@H]1c2ccccc2C(=O)N([C@@H](C)CC)C12CCCCC2. The van der Waals surface area contributed by atoms with Gasteiger partial charge in [0.05, 0.1) is 11.5 Å². The molecule has 1 heterocycles. The molecule has 1 fully saturated rings. The van der Waals surface area contributed by atoms with Crippen molar-refractivity contribution >= 4 is 11.8 Å². The van der Waals surface area contributed by atoms with Crippen molar-refractivity contribution in [2.45, 2.75) is 83.2 Å². The summed E-state index contributed by atoms with van der Waals surface area (Å²) >= 11 is 0. The summed E-state index contributed by atoms with van der Waals surface area (Å²) in [5.74, 6) is -0.160.